The second-order valence-corrected chi connectivity index (χ2v) is 3.16. The van der Waals surface area contributed by atoms with Crippen LogP contribution in [0.15, 0.2) is 6.07 Å². The number of carboxylic acid groups (broad SMARTS) is 1. The van der Waals surface area contributed by atoms with E-state index in [-0.39, 0.29) is 6.07 Å². The van der Waals surface area contributed by atoms with Crippen LogP contribution < -0.4 is 4.74 Å². The molecular weight excluding hydrogens is 276 g/mol. The Kier molecular flexibility index (Phi) is 4.30. The van der Waals surface area contributed by atoms with E-state index in [0.29, 0.717) is 0 Å². The molecule has 0 aliphatic heterocycles. The fourth-order valence-electron chi connectivity index (χ4n) is 1.08. The van der Waals surface area contributed by atoms with Crippen LogP contribution in [0.2, 0.25) is 0 Å². The monoisotopic (exact) mass is 282 g/mol. The van der Waals surface area contributed by atoms with Crippen LogP contribution in [0.3, 0.4) is 0 Å². The van der Waals surface area contributed by atoms with Crippen LogP contribution in [0, 0.1) is 23.3 Å². The lowest BCUT2D eigenvalue weighted by molar-refractivity contribution is -0.161. The maximum Gasteiger partial charge on any atom is 0.359 e. The minimum atomic E-state index is -2.46. The fraction of sp³-hybridized carbons (Fsp3) is 0.200. The Hall–Kier alpha value is -2.32. The van der Waals surface area contributed by atoms with Crippen LogP contribution >= 0.6 is 0 Å². The minimum absolute atomic E-state index is 0.0918. The third kappa shape index (κ3) is 2.92. The van der Waals surface area contributed by atoms with E-state index in [4.69, 9.17) is 5.11 Å². The molecule has 19 heavy (non-hydrogen) atoms. The summed E-state index contributed by atoms with van der Waals surface area (Å²) >= 11 is 0. The van der Waals surface area contributed by atoms with Gasteiger partial charge in [0.15, 0.2) is 17.4 Å². The van der Waals surface area contributed by atoms with Gasteiger partial charge >= 0.3 is 11.9 Å². The van der Waals surface area contributed by atoms with Gasteiger partial charge in [0.2, 0.25) is 11.6 Å². The van der Waals surface area contributed by atoms with Crippen molar-refractivity contribution in [3.05, 3.63) is 29.3 Å². The molecule has 0 aliphatic carbocycles. The molecule has 0 amide bonds. The van der Waals surface area contributed by atoms with E-state index in [1.54, 1.807) is 0 Å². The number of carbonyl (C=O) groups is 2. The fourth-order valence-corrected chi connectivity index (χ4v) is 1.08. The largest absolute Gasteiger partial charge is 0.478 e. The molecule has 0 saturated carbocycles. The summed E-state index contributed by atoms with van der Waals surface area (Å²) in [6.07, 6.45) is -2.46. The average Bonchev–Trinajstić information content (AvgIpc) is 2.35. The number of carbonyl (C=O) groups excluding carboxylic acids is 1. The number of rotatable bonds is 4. The lowest BCUT2D eigenvalue weighted by Crippen LogP contribution is -2.37. The van der Waals surface area contributed by atoms with Gasteiger partial charge in [-0.3, -0.25) is 0 Å². The lowest BCUT2D eigenvalue weighted by Gasteiger charge is -2.14. The number of benzene rings is 1. The highest BCUT2D eigenvalue weighted by Gasteiger charge is 2.33. The first-order valence-corrected chi connectivity index (χ1v) is 4.59. The number of esters is 1. The van der Waals surface area contributed by atoms with Crippen molar-refractivity contribution in [1.29, 1.82) is 0 Å². The first-order chi connectivity index (χ1) is 8.79. The van der Waals surface area contributed by atoms with Crippen molar-refractivity contribution in [2.24, 2.45) is 0 Å². The molecule has 0 spiro atoms. The second-order valence-electron chi connectivity index (χ2n) is 3.16. The third-order valence-corrected chi connectivity index (χ3v) is 1.95. The zero-order valence-electron chi connectivity index (χ0n) is 9.25. The van der Waals surface area contributed by atoms with Crippen molar-refractivity contribution in [2.75, 3.05) is 7.11 Å². The smallest absolute Gasteiger partial charge is 0.359 e. The van der Waals surface area contributed by atoms with Gasteiger partial charge in [-0.25, -0.2) is 18.4 Å². The van der Waals surface area contributed by atoms with Gasteiger partial charge < -0.3 is 14.6 Å². The lowest BCUT2D eigenvalue weighted by atomic mass is 10.2. The maximum atomic E-state index is 13.2. The molecule has 9 heteroatoms. The quantitative estimate of drug-likeness (QED) is 0.389. The maximum absolute atomic E-state index is 13.2. The number of ether oxygens (including phenoxy) is 2. The van der Waals surface area contributed by atoms with Gasteiger partial charge in [-0.2, -0.15) is 8.78 Å². The highest BCUT2D eigenvalue weighted by molar-refractivity contribution is 5.97. The van der Waals surface area contributed by atoms with E-state index in [1.165, 1.54) is 0 Å². The summed E-state index contributed by atoms with van der Waals surface area (Å²) in [7, 11) is 0.792. The number of carboxylic acids is 1. The van der Waals surface area contributed by atoms with Gasteiger partial charge in [0, 0.05) is 6.07 Å². The highest BCUT2D eigenvalue weighted by atomic mass is 19.2. The normalized spacial score (nSPS) is 11.8. The topological polar surface area (TPSA) is 72.8 Å². The summed E-state index contributed by atoms with van der Waals surface area (Å²) in [5.41, 5.74) is 0. The molecule has 1 rings (SSSR count). The van der Waals surface area contributed by atoms with Gasteiger partial charge in [-0.15, -0.1) is 0 Å². The number of methoxy groups -OCH3 is 1. The molecule has 1 unspecified atom stereocenters. The number of halogens is 4. The van der Waals surface area contributed by atoms with Crippen molar-refractivity contribution in [1.82, 2.24) is 0 Å². The number of hydrogen-bond acceptors (Lipinski definition) is 4. The summed E-state index contributed by atoms with van der Waals surface area (Å²) < 4.78 is 60.2. The molecule has 1 aromatic rings. The Balaban J connectivity index is 3.24. The van der Waals surface area contributed by atoms with E-state index < -0.39 is 47.1 Å². The van der Waals surface area contributed by atoms with Gasteiger partial charge in [0.1, 0.15) is 0 Å². The third-order valence-electron chi connectivity index (χ3n) is 1.95. The SMILES string of the molecule is COC(=O)C(Oc1c(F)c(F)cc(F)c1F)C(=O)O. The predicted molar refractivity (Wildman–Crippen MR) is 50.3 cm³/mol. The van der Waals surface area contributed by atoms with Crippen LogP contribution in [0.5, 0.6) is 5.75 Å². The van der Waals surface area contributed by atoms with Crippen molar-refractivity contribution >= 4 is 11.9 Å². The molecule has 0 radical (unpaired) electrons. The summed E-state index contributed by atoms with van der Waals surface area (Å²) in [5, 5.41) is 8.60. The van der Waals surface area contributed by atoms with Gasteiger partial charge in [-0.05, 0) is 0 Å². The standard InChI is InChI=1S/C10H6F4O5/c1-18-10(17)8(9(15)16)19-7-5(13)3(11)2-4(12)6(7)14/h2,8H,1H3,(H,15,16). The van der Waals surface area contributed by atoms with Crippen LogP contribution in [0.4, 0.5) is 17.6 Å². The van der Waals surface area contributed by atoms with E-state index in [9.17, 15) is 27.2 Å². The molecule has 5 nitrogen and oxygen atoms in total. The van der Waals surface area contributed by atoms with Gasteiger partial charge in [0.25, 0.3) is 6.10 Å². The second kappa shape index (κ2) is 5.55. The Morgan fingerprint density at radius 1 is 1.16 bits per heavy atom. The Labute approximate surface area is 103 Å². The van der Waals surface area contributed by atoms with E-state index in [0.717, 1.165) is 7.11 Å². The molecule has 1 atom stereocenters. The Bertz CT molecular complexity index is 505. The highest BCUT2D eigenvalue weighted by Crippen LogP contribution is 2.27. The average molecular weight is 282 g/mol. The zero-order valence-corrected chi connectivity index (χ0v) is 9.25. The molecular formula is C10H6F4O5. The molecule has 1 aromatic carbocycles. The summed E-state index contributed by atoms with van der Waals surface area (Å²) in [6, 6.07) is -0.0918. The molecule has 0 aliphatic rings. The van der Waals surface area contributed by atoms with E-state index in [1.807, 2.05) is 0 Å². The summed E-state index contributed by atoms with van der Waals surface area (Å²) in [5.74, 6) is -12.6. The molecule has 0 saturated heterocycles. The Morgan fingerprint density at radius 2 is 1.63 bits per heavy atom. The molecule has 104 valence electrons. The Morgan fingerprint density at radius 3 is 2.00 bits per heavy atom. The van der Waals surface area contributed by atoms with Crippen molar-refractivity contribution in [2.45, 2.75) is 6.10 Å². The number of aliphatic carboxylic acids is 1. The van der Waals surface area contributed by atoms with Crippen LogP contribution in [0.25, 0.3) is 0 Å². The molecule has 0 heterocycles. The summed E-state index contributed by atoms with van der Waals surface area (Å²) in [6.45, 7) is 0. The van der Waals surface area contributed by atoms with Crippen LogP contribution in [-0.4, -0.2) is 30.3 Å². The van der Waals surface area contributed by atoms with Crippen LogP contribution in [-0.2, 0) is 14.3 Å². The first-order valence-electron chi connectivity index (χ1n) is 4.59. The van der Waals surface area contributed by atoms with E-state index in [2.05, 4.69) is 9.47 Å². The minimum Gasteiger partial charge on any atom is -0.478 e. The molecule has 1 N–H and O–H groups in total. The number of hydrogen-bond donors (Lipinski definition) is 1. The van der Waals surface area contributed by atoms with Gasteiger partial charge in [-0.1, -0.05) is 0 Å². The van der Waals surface area contributed by atoms with Crippen molar-refractivity contribution in [3.8, 4) is 5.75 Å². The zero-order chi connectivity index (χ0) is 14.7. The van der Waals surface area contributed by atoms with E-state index >= 15 is 0 Å². The van der Waals surface area contributed by atoms with Crippen molar-refractivity contribution in [3.63, 3.8) is 0 Å². The van der Waals surface area contributed by atoms with Crippen molar-refractivity contribution < 1.29 is 41.7 Å². The predicted octanol–water partition coefficient (Wildman–Crippen LogP) is 1.25. The first kappa shape index (κ1) is 14.7. The van der Waals surface area contributed by atoms with Gasteiger partial charge in [0.05, 0.1) is 7.11 Å². The molecule has 0 bridgehead atoms. The molecule has 0 aromatic heterocycles. The molecule has 0 fully saturated rings. The summed E-state index contributed by atoms with van der Waals surface area (Å²) in [4.78, 5) is 21.6. The van der Waals surface area contributed by atoms with Crippen LogP contribution in [0.1, 0.15) is 0 Å².